The molecule has 0 radical (unpaired) electrons. The van der Waals surface area contributed by atoms with Gasteiger partial charge in [0.05, 0.1) is 0 Å². The molecule has 1 atom stereocenters. The summed E-state index contributed by atoms with van der Waals surface area (Å²) in [7, 11) is 1.77. The van der Waals surface area contributed by atoms with E-state index in [0.29, 0.717) is 23.7 Å². The van der Waals surface area contributed by atoms with E-state index in [2.05, 4.69) is 0 Å². The zero-order chi connectivity index (χ0) is 19.1. The predicted octanol–water partition coefficient (Wildman–Crippen LogP) is 3.64. The second-order valence-corrected chi connectivity index (χ2v) is 6.69. The molecule has 26 heavy (non-hydrogen) atoms. The molecule has 0 aliphatic carbocycles. The number of hydrogen-bond acceptors (Lipinski definition) is 3. The van der Waals surface area contributed by atoms with Crippen molar-refractivity contribution in [2.24, 2.45) is 5.92 Å². The first-order valence-electron chi connectivity index (χ1n) is 8.28. The van der Waals surface area contributed by atoms with Crippen LogP contribution >= 0.6 is 11.6 Å². The van der Waals surface area contributed by atoms with Crippen LogP contribution in [-0.4, -0.2) is 35.5 Å². The van der Waals surface area contributed by atoms with Gasteiger partial charge in [0.1, 0.15) is 5.75 Å². The van der Waals surface area contributed by atoms with E-state index in [4.69, 9.17) is 21.4 Å². The molecule has 0 bridgehead atoms. The van der Waals surface area contributed by atoms with E-state index < -0.39 is 5.97 Å². The molecule has 1 unspecified atom stereocenters. The highest BCUT2D eigenvalue weighted by Gasteiger charge is 2.18. The van der Waals surface area contributed by atoms with Crippen LogP contribution in [0.25, 0.3) is 0 Å². The summed E-state index contributed by atoms with van der Waals surface area (Å²) in [6.45, 7) is 2.00. The van der Waals surface area contributed by atoms with E-state index in [9.17, 15) is 9.59 Å². The average Bonchev–Trinajstić information content (AvgIpc) is 2.60. The number of carboxylic acids is 1. The van der Waals surface area contributed by atoms with E-state index in [0.717, 1.165) is 11.1 Å². The topological polar surface area (TPSA) is 66.8 Å². The highest BCUT2D eigenvalue weighted by Crippen LogP contribution is 2.17. The van der Waals surface area contributed by atoms with Gasteiger partial charge >= 0.3 is 5.97 Å². The maximum atomic E-state index is 12.6. The fourth-order valence-electron chi connectivity index (χ4n) is 2.67. The lowest BCUT2D eigenvalue weighted by atomic mass is 10.00. The first kappa shape index (κ1) is 19.8. The summed E-state index contributed by atoms with van der Waals surface area (Å²) in [5.41, 5.74) is 1.98. The van der Waals surface area contributed by atoms with Crippen molar-refractivity contribution in [2.45, 2.75) is 19.9 Å². The van der Waals surface area contributed by atoms with E-state index in [1.54, 1.807) is 24.1 Å². The Balaban J connectivity index is 1.90. The van der Waals surface area contributed by atoms with Gasteiger partial charge in [0.25, 0.3) is 0 Å². The molecule has 2 aromatic carbocycles. The number of benzene rings is 2. The lowest BCUT2D eigenvalue weighted by Crippen LogP contribution is -2.32. The molecular weight excluding hydrogens is 354 g/mol. The summed E-state index contributed by atoms with van der Waals surface area (Å²) < 4.78 is 5.10. The lowest BCUT2D eigenvalue weighted by molar-refractivity contribution is -0.139. The van der Waals surface area contributed by atoms with Crippen LogP contribution < -0.4 is 4.74 Å². The van der Waals surface area contributed by atoms with E-state index >= 15 is 0 Å². The minimum Gasteiger partial charge on any atom is -0.482 e. The van der Waals surface area contributed by atoms with Crippen LogP contribution in [0.5, 0.6) is 5.75 Å². The Morgan fingerprint density at radius 2 is 1.85 bits per heavy atom. The van der Waals surface area contributed by atoms with Crippen LogP contribution in [0.3, 0.4) is 0 Å². The first-order valence-corrected chi connectivity index (χ1v) is 8.66. The smallest absolute Gasteiger partial charge is 0.341 e. The number of carbonyl (C=O) groups is 2. The maximum absolute atomic E-state index is 12.6. The molecule has 1 amide bonds. The summed E-state index contributed by atoms with van der Waals surface area (Å²) in [6, 6.07) is 14.6. The van der Waals surface area contributed by atoms with Gasteiger partial charge in [-0.05, 0) is 41.8 Å². The van der Waals surface area contributed by atoms with Crippen LogP contribution in [0.15, 0.2) is 48.5 Å². The second-order valence-electron chi connectivity index (χ2n) is 6.26. The highest BCUT2D eigenvalue weighted by atomic mass is 35.5. The number of nitrogens with zero attached hydrogens (tertiary/aromatic N) is 1. The molecule has 2 rings (SSSR count). The number of ether oxygens (including phenoxy) is 1. The number of carboxylic acid groups (broad SMARTS) is 1. The predicted molar refractivity (Wildman–Crippen MR) is 100 cm³/mol. The van der Waals surface area contributed by atoms with Gasteiger partial charge in [-0.3, -0.25) is 4.79 Å². The second kappa shape index (κ2) is 9.25. The Labute approximate surface area is 158 Å². The number of aliphatic carboxylic acids is 1. The molecule has 6 heteroatoms. The number of hydrogen-bond donors (Lipinski definition) is 1. The zero-order valence-electron chi connectivity index (χ0n) is 14.8. The van der Waals surface area contributed by atoms with Gasteiger partial charge in [-0.25, -0.2) is 4.79 Å². The molecule has 0 heterocycles. The lowest BCUT2D eigenvalue weighted by Gasteiger charge is -2.22. The van der Waals surface area contributed by atoms with E-state index in [-0.39, 0.29) is 18.4 Å². The normalized spacial score (nSPS) is 11.7. The SMILES string of the molecule is CC(Cc1cccc(Cl)c1)C(=O)N(C)Cc1ccc(OCC(=O)O)cc1. The van der Waals surface area contributed by atoms with Crippen molar-refractivity contribution in [3.8, 4) is 5.75 Å². The van der Waals surface area contributed by atoms with Crippen molar-refractivity contribution in [1.29, 1.82) is 0 Å². The summed E-state index contributed by atoms with van der Waals surface area (Å²) >= 11 is 5.99. The average molecular weight is 376 g/mol. The molecule has 1 N–H and O–H groups in total. The number of carbonyl (C=O) groups excluding carboxylic acids is 1. The minimum atomic E-state index is -1.02. The summed E-state index contributed by atoms with van der Waals surface area (Å²) in [5.74, 6) is -0.639. The van der Waals surface area contributed by atoms with Gasteiger partial charge in [-0.15, -0.1) is 0 Å². The number of amides is 1. The third-order valence-corrected chi connectivity index (χ3v) is 4.17. The molecule has 0 saturated carbocycles. The number of halogens is 1. The summed E-state index contributed by atoms with van der Waals surface area (Å²) in [6.07, 6.45) is 0.631. The standard InChI is InChI=1S/C20H22ClNO4/c1-14(10-16-4-3-5-17(21)11-16)20(25)22(2)12-15-6-8-18(9-7-15)26-13-19(23)24/h3-9,11,14H,10,12-13H2,1-2H3,(H,23,24). The minimum absolute atomic E-state index is 0.0520. The van der Waals surface area contributed by atoms with Crippen molar-refractivity contribution in [3.05, 3.63) is 64.7 Å². The fraction of sp³-hybridized carbons (Fsp3) is 0.300. The molecule has 0 spiro atoms. The largest absolute Gasteiger partial charge is 0.482 e. The molecule has 2 aromatic rings. The molecule has 0 aliphatic rings. The molecule has 0 aromatic heterocycles. The monoisotopic (exact) mass is 375 g/mol. The Kier molecular flexibility index (Phi) is 7.04. The summed E-state index contributed by atoms with van der Waals surface area (Å²) in [4.78, 5) is 24.8. The quantitative estimate of drug-likeness (QED) is 0.764. The van der Waals surface area contributed by atoms with Gasteiger partial charge in [0.2, 0.25) is 5.91 Å². The first-order chi connectivity index (χ1) is 12.3. The third kappa shape index (κ3) is 6.08. The van der Waals surface area contributed by atoms with Crippen LogP contribution in [0.1, 0.15) is 18.1 Å². The molecule has 138 valence electrons. The van der Waals surface area contributed by atoms with Crippen LogP contribution in [0.4, 0.5) is 0 Å². The van der Waals surface area contributed by atoms with Gasteiger partial charge in [-0.2, -0.15) is 0 Å². The van der Waals surface area contributed by atoms with Crippen molar-refractivity contribution in [1.82, 2.24) is 4.90 Å². The van der Waals surface area contributed by atoms with Gasteiger partial charge in [-0.1, -0.05) is 42.8 Å². The molecule has 5 nitrogen and oxygen atoms in total. The van der Waals surface area contributed by atoms with Crippen LogP contribution in [-0.2, 0) is 22.6 Å². The van der Waals surface area contributed by atoms with Gasteiger partial charge in [0.15, 0.2) is 6.61 Å². The third-order valence-electron chi connectivity index (χ3n) is 3.93. The van der Waals surface area contributed by atoms with Crippen LogP contribution in [0, 0.1) is 5.92 Å². The van der Waals surface area contributed by atoms with Gasteiger partial charge < -0.3 is 14.7 Å². The van der Waals surface area contributed by atoms with Crippen molar-refractivity contribution >= 4 is 23.5 Å². The van der Waals surface area contributed by atoms with Gasteiger partial charge in [0, 0.05) is 24.5 Å². The summed E-state index contributed by atoms with van der Waals surface area (Å²) in [5, 5.41) is 9.27. The molecule has 0 saturated heterocycles. The van der Waals surface area contributed by atoms with E-state index in [1.807, 2.05) is 43.3 Å². The zero-order valence-corrected chi connectivity index (χ0v) is 15.6. The molecule has 0 aliphatic heterocycles. The maximum Gasteiger partial charge on any atom is 0.341 e. The van der Waals surface area contributed by atoms with Crippen molar-refractivity contribution in [3.63, 3.8) is 0 Å². The molecule has 0 fully saturated rings. The molecular formula is C20H22ClNO4. The van der Waals surface area contributed by atoms with Crippen molar-refractivity contribution < 1.29 is 19.4 Å². The van der Waals surface area contributed by atoms with Crippen molar-refractivity contribution in [2.75, 3.05) is 13.7 Å². The Bertz CT molecular complexity index is 761. The van der Waals surface area contributed by atoms with E-state index in [1.165, 1.54) is 0 Å². The number of rotatable bonds is 8. The highest BCUT2D eigenvalue weighted by molar-refractivity contribution is 6.30. The fourth-order valence-corrected chi connectivity index (χ4v) is 2.88. The Hall–Kier alpha value is -2.53. The Morgan fingerprint density at radius 3 is 2.46 bits per heavy atom. The Morgan fingerprint density at radius 1 is 1.15 bits per heavy atom. The van der Waals surface area contributed by atoms with Crippen LogP contribution in [0.2, 0.25) is 5.02 Å².